The van der Waals surface area contributed by atoms with E-state index in [1.807, 2.05) is 20.8 Å². The maximum atomic E-state index is 11.6. The number of nitrogen functional groups attached to an aromatic ring is 1. The minimum atomic E-state index is -0.164. The molecule has 1 aromatic carbocycles. The molecule has 0 heterocycles. The zero-order chi connectivity index (χ0) is 15.1. The molecule has 0 unspecified atom stereocenters. The lowest BCUT2D eigenvalue weighted by atomic mass is 10.1. The van der Waals surface area contributed by atoms with Crippen LogP contribution in [0.2, 0.25) is 0 Å². The van der Waals surface area contributed by atoms with Gasteiger partial charge in [0.25, 0.3) is 5.91 Å². The van der Waals surface area contributed by atoms with Crippen LogP contribution in [0.1, 0.15) is 31.1 Å². The third kappa shape index (κ3) is 4.79. The minimum Gasteiger partial charge on any atom is -0.397 e. The smallest absolute Gasteiger partial charge is 0.251 e. The number of rotatable bonds is 6. The van der Waals surface area contributed by atoms with Crippen LogP contribution in [0.3, 0.4) is 0 Å². The van der Waals surface area contributed by atoms with Crippen LogP contribution in [0.15, 0.2) is 18.2 Å². The molecule has 0 saturated carbocycles. The second kappa shape index (κ2) is 7.37. The molecule has 1 aromatic rings. The van der Waals surface area contributed by atoms with E-state index in [1.165, 1.54) is 0 Å². The zero-order valence-corrected chi connectivity index (χ0v) is 12.1. The van der Waals surface area contributed by atoms with Crippen molar-refractivity contribution in [3.8, 4) is 0 Å². The molecule has 110 valence electrons. The molecule has 6 heteroatoms. The van der Waals surface area contributed by atoms with E-state index >= 15 is 0 Å². The predicted octanol–water partition coefficient (Wildman–Crippen LogP) is 0.955. The summed E-state index contributed by atoms with van der Waals surface area (Å²) < 4.78 is 0. The Morgan fingerprint density at radius 2 is 2.00 bits per heavy atom. The summed E-state index contributed by atoms with van der Waals surface area (Å²) >= 11 is 0. The summed E-state index contributed by atoms with van der Waals surface area (Å²) in [5.41, 5.74) is 7.44. The topological polar surface area (TPSA) is 96.2 Å². The first kappa shape index (κ1) is 15.8. The normalized spacial score (nSPS) is 10.2. The van der Waals surface area contributed by atoms with Gasteiger partial charge < -0.3 is 21.7 Å². The third-order valence-corrected chi connectivity index (χ3v) is 2.54. The van der Waals surface area contributed by atoms with Crippen LogP contribution in [0.5, 0.6) is 0 Å². The number of nitrogens with one attached hydrogen (secondary N) is 3. The lowest BCUT2D eigenvalue weighted by Crippen LogP contribution is -2.34. The van der Waals surface area contributed by atoms with E-state index in [0.717, 1.165) is 0 Å². The highest BCUT2D eigenvalue weighted by Crippen LogP contribution is 2.19. The van der Waals surface area contributed by atoms with Gasteiger partial charge in [0.15, 0.2) is 0 Å². The number of carbonyl (C=O) groups is 2. The van der Waals surface area contributed by atoms with Gasteiger partial charge in [-0.15, -0.1) is 0 Å². The highest BCUT2D eigenvalue weighted by Gasteiger charge is 2.08. The second-order valence-corrected chi connectivity index (χ2v) is 4.74. The number of anilines is 2. The summed E-state index contributed by atoms with van der Waals surface area (Å²) in [4.78, 5) is 23.2. The van der Waals surface area contributed by atoms with Crippen LogP contribution in [0.4, 0.5) is 11.4 Å². The first-order chi connectivity index (χ1) is 9.43. The number of hydrogen-bond donors (Lipinski definition) is 4. The molecular formula is C14H22N4O2. The Kier molecular flexibility index (Phi) is 5.83. The Bertz CT molecular complexity index is 486. The Hall–Kier alpha value is -2.24. The molecule has 5 N–H and O–H groups in total. The van der Waals surface area contributed by atoms with Gasteiger partial charge in [0.05, 0.1) is 17.9 Å². The molecule has 0 bridgehead atoms. The zero-order valence-electron chi connectivity index (χ0n) is 12.1. The molecule has 0 fully saturated rings. The molecule has 0 aromatic heterocycles. The van der Waals surface area contributed by atoms with E-state index < -0.39 is 0 Å². The first-order valence-corrected chi connectivity index (χ1v) is 6.65. The molecular weight excluding hydrogens is 256 g/mol. The van der Waals surface area contributed by atoms with Gasteiger partial charge in [0, 0.05) is 18.2 Å². The number of nitrogens with two attached hydrogens (primary N) is 1. The van der Waals surface area contributed by atoms with Crippen molar-refractivity contribution in [1.82, 2.24) is 10.6 Å². The second-order valence-electron chi connectivity index (χ2n) is 4.74. The van der Waals surface area contributed by atoms with E-state index in [-0.39, 0.29) is 24.4 Å². The molecule has 0 aliphatic heterocycles. The summed E-state index contributed by atoms with van der Waals surface area (Å²) in [5.74, 6) is -0.268. The van der Waals surface area contributed by atoms with Crippen LogP contribution in [0.25, 0.3) is 0 Å². The molecule has 0 radical (unpaired) electrons. The van der Waals surface area contributed by atoms with Gasteiger partial charge in [-0.05, 0) is 39.0 Å². The van der Waals surface area contributed by atoms with Gasteiger partial charge in [-0.25, -0.2) is 0 Å². The van der Waals surface area contributed by atoms with Gasteiger partial charge in [-0.3, -0.25) is 9.59 Å². The van der Waals surface area contributed by atoms with Crippen molar-refractivity contribution >= 4 is 23.2 Å². The lowest BCUT2D eigenvalue weighted by molar-refractivity contribution is -0.119. The van der Waals surface area contributed by atoms with Crippen molar-refractivity contribution in [3.63, 3.8) is 0 Å². The van der Waals surface area contributed by atoms with Crippen molar-refractivity contribution < 1.29 is 9.59 Å². The molecule has 0 saturated heterocycles. The standard InChI is InChI=1S/C14H22N4O2/c1-4-16-14(20)10-5-6-12(11(15)7-10)17-8-13(19)18-9(2)3/h5-7,9,17H,4,8,15H2,1-3H3,(H,16,20)(H,18,19). The Balaban J connectivity index is 2.64. The van der Waals surface area contributed by atoms with Gasteiger partial charge in [-0.2, -0.15) is 0 Å². The van der Waals surface area contributed by atoms with Crippen LogP contribution in [-0.2, 0) is 4.79 Å². The fourth-order valence-electron chi connectivity index (χ4n) is 1.68. The fraction of sp³-hybridized carbons (Fsp3) is 0.429. The van der Waals surface area contributed by atoms with Crippen LogP contribution >= 0.6 is 0 Å². The molecule has 0 atom stereocenters. The average Bonchev–Trinajstić information content (AvgIpc) is 2.36. The Morgan fingerprint density at radius 3 is 2.55 bits per heavy atom. The lowest BCUT2D eigenvalue weighted by Gasteiger charge is -2.12. The molecule has 20 heavy (non-hydrogen) atoms. The van der Waals surface area contributed by atoms with Crippen molar-refractivity contribution in [2.45, 2.75) is 26.8 Å². The van der Waals surface area contributed by atoms with Gasteiger partial charge in [0.1, 0.15) is 0 Å². The van der Waals surface area contributed by atoms with Crippen LogP contribution in [-0.4, -0.2) is 30.9 Å². The first-order valence-electron chi connectivity index (χ1n) is 6.65. The molecule has 1 rings (SSSR count). The number of benzene rings is 1. The van der Waals surface area contributed by atoms with Crippen molar-refractivity contribution in [1.29, 1.82) is 0 Å². The monoisotopic (exact) mass is 278 g/mol. The molecule has 2 amide bonds. The number of carbonyl (C=O) groups excluding carboxylic acids is 2. The summed E-state index contributed by atoms with van der Waals surface area (Å²) in [6, 6.07) is 5.06. The highest BCUT2D eigenvalue weighted by atomic mass is 16.2. The summed E-state index contributed by atoms with van der Waals surface area (Å²) in [6.07, 6.45) is 0. The SMILES string of the molecule is CCNC(=O)c1ccc(NCC(=O)NC(C)C)c(N)c1. The third-order valence-electron chi connectivity index (χ3n) is 2.54. The summed E-state index contributed by atoms with van der Waals surface area (Å²) in [5, 5.41) is 8.42. The molecule has 0 aliphatic rings. The maximum absolute atomic E-state index is 11.6. The molecule has 6 nitrogen and oxygen atoms in total. The van der Waals surface area contributed by atoms with E-state index in [4.69, 9.17) is 5.73 Å². The predicted molar refractivity (Wildman–Crippen MR) is 80.6 cm³/mol. The Morgan fingerprint density at radius 1 is 1.30 bits per heavy atom. The minimum absolute atomic E-state index is 0.0989. The van der Waals surface area contributed by atoms with Crippen molar-refractivity contribution in [2.75, 3.05) is 24.1 Å². The van der Waals surface area contributed by atoms with E-state index in [0.29, 0.717) is 23.5 Å². The number of amides is 2. The summed E-state index contributed by atoms with van der Waals surface area (Å²) in [7, 11) is 0. The largest absolute Gasteiger partial charge is 0.397 e. The average molecular weight is 278 g/mol. The number of hydrogen-bond acceptors (Lipinski definition) is 4. The van der Waals surface area contributed by atoms with Crippen molar-refractivity contribution in [3.05, 3.63) is 23.8 Å². The van der Waals surface area contributed by atoms with Crippen LogP contribution in [0, 0.1) is 0 Å². The highest BCUT2D eigenvalue weighted by molar-refractivity contribution is 5.96. The fourth-order valence-corrected chi connectivity index (χ4v) is 1.68. The van der Waals surface area contributed by atoms with E-state index in [2.05, 4.69) is 16.0 Å². The summed E-state index contributed by atoms with van der Waals surface area (Å²) in [6.45, 7) is 6.35. The molecule has 0 aliphatic carbocycles. The maximum Gasteiger partial charge on any atom is 0.251 e. The van der Waals surface area contributed by atoms with Crippen molar-refractivity contribution in [2.24, 2.45) is 0 Å². The molecule has 0 spiro atoms. The van der Waals surface area contributed by atoms with E-state index in [1.54, 1.807) is 18.2 Å². The van der Waals surface area contributed by atoms with Gasteiger partial charge in [-0.1, -0.05) is 0 Å². The quantitative estimate of drug-likeness (QED) is 0.583. The van der Waals surface area contributed by atoms with E-state index in [9.17, 15) is 9.59 Å². The van der Waals surface area contributed by atoms with Crippen LogP contribution < -0.4 is 21.7 Å². The Labute approximate surface area is 119 Å². The van der Waals surface area contributed by atoms with Gasteiger partial charge >= 0.3 is 0 Å². The van der Waals surface area contributed by atoms with Gasteiger partial charge in [0.2, 0.25) is 5.91 Å².